The average Bonchev–Trinajstić information content (AvgIpc) is 3.14. The zero-order chi connectivity index (χ0) is 20.8. The Labute approximate surface area is 167 Å². The quantitative estimate of drug-likeness (QED) is 0.729. The number of hydrogen-bond donors (Lipinski definition) is 2. The molecule has 29 heavy (non-hydrogen) atoms. The SMILES string of the molecule is C[C@@H](Oc1ccccc1F)C(=O)NNC(=O)Cc1ccc(N2CCCC2=O)cc1. The summed E-state index contributed by atoms with van der Waals surface area (Å²) >= 11 is 0. The lowest BCUT2D eigenvalue weighted by Crippen LogP contribution is -2.47. The van der Waals surface area contributed by atoms with Gasteiger partial charge in [-0.3, -0.25) is 25.2 Å². The van der Waals surface area contributed by atoms with Crippen LogP contribution in [0.4, 0.5) is 10.1 Å². The Balaban J connectivity index is 1.46. The molecular formula is C21H22FN3O4. The summed E-state index contributed by atoms with van der Waals surface area (Å²) in [5, 5.41) is 0. The van der Waals surface area contributed by atoms with Crippen LogP contribution >= 0.6 is 0 Å². The average molecular weight is 399 g/mol. The molecule has 1 aliphatic heterocycles. The first-order chi connectivity index (χ1) is 13.9. The van der Waals surface area contributed by atoms with E-state index in [1.54, 1.807) is 35.2 Å². The van der Waals surface area contributed by atoms with Gasteiger partial charge in [-0.1, -0.05) is 24.3 Å². The number of para-hydroxylation sites is 1. The second-order valence-corrected chi connectivity index (χ2v) is 6.72. The number of hydrogen-bond acceptors (Lipinski definition) is 4. The van der Waals surface area contributed by atoms with Crippen LogP contribution in [0.25, 0.3) is 0 Å². The van der Waals surface area contributed by atoms with Gasteiger partial charge in [-0.2, -0.15) is 0 Å². The third kappa shape index (κ3) is 5.31. The molecule has 1 heterocycles. The maximum Gasteiger partial charge on any atom is 0.279 e. The second kappa shape index (κ2) is 9.18. The fourth-order valence-corrected chi connectivity index (χ4v) is 2.96. The van der Waals surface area contributed by atoms with Gasteiger partial charge < -0.3 is 9.64 Å². The summed E-state index contributed by atoms with van der Waals surface area (Å²) in [6.45, 7) is 2.16. The van der Waals surface area contributed by atoms with E-state index in [0.717, 1.165) is 17.7 Å². The zero-order valence-corrected chi connectivity index (χ0v) is 16.0. The van der Waals surface area contributed by atoms with Gasteiger partial charge >= 0.3 is 0 Å². The van der Waals surface area contributed by atoms with Crippen molar-refractivity contribution in [3.8, 4) is 5.75 Å². The molecule has 1 fully saturated rings. The fourth-order valence-electron chi connectivity index (χ4n) is 2.96. The normalized spacial score (nSPS) is 14.4. The van der Waals surface area contributed by atoms with E-state index in [1.165, 1.54) is 25.1 Å². The molecule has 0 saturated carbocycles. The zero-order valence-electron chi connectivity index (χ0n) is 16.0. The molecule has 0 aliphatic carbocycles. The molecule has 2 aromatic carbocycles. The standard InChI is InChI=1S/C21H22FN3O4/c1-14(29-18-6-3-2-5-17(18)22)21(28)24-23-19(26)13-15-8-10-16(11-9-15)25-12-4-7-20(25)27/h2-3,5-6,8-11,14H,4,7,12-13H2,1H3,(H,23,26)(H,24,28)/t14-/m1/s1. The highest BCUT2D eigenvalue weighted by atomic mass is 19.1. The third-order valence-electron chi connectivity index (χ3n) is 4.52. The monoisotopic (exact) mass is 399 g/mol. The van der Waals surface area contributed by atoms with E-state index in [4.69, 9.17) is 4.74 Å². The maximum atomic E-state index is 13.6. The summed E-state index contributed by atoms with van der Waals surface area (Å²) in [5.74, 6) is -1.54. The number of anilines is 1. The van der Waals surface area contributed by atoms with Crippen molar-refractivity contribution in [3.05, 3.63) is 59.9 Å². The van der Waals surface area contributed by atoms with E-state index in [1.807, 2.05) is 0 Å². The van der Waals surface area contributed by atoms with E-state index in [-0.39, 0.29) is 18.1 Å². The molecule has 3 rings (SSSR count). The number of benzene rings is 2. The number of nitrogens with zero attached hydrogens (tertiary/aromatic N) is 1. The van der Waals surface area contributed by atoms with Crippen LogP contribution in [0, 0.1) is 5.82 Å². The van der Waals surface area contributed by atoms with Crippen LogP contribution in [0.2, 0.25) is 0 Å². The molecule has 0 spiro atoms. The molecule has 3 amide bonds. The number of halogens is 1. The molecule has 1 atom stereocenters. The van der Waals surface area contributed by atoms with Crippen molar-refractivity contribution in [2.24, 2.45) is 0 Å². The molecule has 1 saturated heterocycles. The molecule has 0 bridgehead atoms. The Morgan fingerprint density at radius 1 is 1.14 bits per heavy atom. The van der Waals surface area contributed by atoms with Crippen molar-refractivity contribution in [3.63, 3.8) is 0 Å². The van der Waals surface area contributed by atoms with E-state index < -0.39 is 23.7 Å². The number of hydrazine groups is 1. The lowest BCUT2D eigenvalue weighted by atomic mass is 10.1. The first-order valence-corrected chi connectivity index (χ1v) is 9.33. The number of ether oxygens (including phenoxy) is 1. The van der Waals surface area contributed by atoms with Crippen LogP contribution in [0.15, 0.2) is 48.5 Å². The van der Waals surface area contributed by atoms with E-state index in [2.05, 4.69) is 10.9 Å². The van der Waals surface area contributed by atoms with Crippen LogP contribution in [0.5, 0.6) is 5.75 Å². The Bertz CT molecular complexity index is 901. The predicted molar refractivity (Wildman–Crippen MR) is 105 cm³/mol. The summed E-state index contributed by atoms with van der Waals surface area (Å²) in [4.78, 5) is 37.6. The van der Waals surface area contributed by atoms with Crippen LogP contribution in [-0.4, -0.2) is 30.4 Å². The number of carbonyl (C=O) groups is 3. The van der Waals surface area contributed by atoms with Gasteiger partial charge in [0.05, 0.1) is 6.42 Å². The van der Waals surface area contributed by atoms with Gasteiger partial charge in [0.1, 0.15) is 0 Å². The van der Waals surface area contributed by atoms with Crippen LogP contribution < -0.4 is 20.5 Å². The fraction of sp³-hybridized carbons (Fsp3) is 0.286. The number of nitrogens with one attached hydrogen (secondary N) is 2. The van der Waals surface area contributed by atoms with E-state index in [0.29, 0.717) is 13.0 Å². The first-order valence-electron chi connectivity index (χ1n) is 9.33. The second-order valence-electron chi connectivity index (χ2n) is 6.72. The summed E-state index contributed by atoms with van der Waals surface area (Å²) in [6.07, 6.45) is 0.464. The molecule has 2 N–H and O–H groups in total. The smallest absolute Gasteiger partial charge is 0.279 e. The molecular weight excluding hydrogens is 377 g/mol. The number of carbonyl (C=O) groups excluding carboxylic acids is 3. The summed E-state index contributed by atoms with van der Waals surface area (Å²) in [6, 6.07) is 12.9. The highest BCUT2D eigenvalue weighted by Crippen LogP contribution is 2.21. The van der Waals surface area contributed by atoms with Crippen LogP contribution in [0.1, 0.15) is 25.3 Å². The van der Waals surface area contributed by atoms with Crippen LogP contribution in [-0.2, 0) is 20.8 Å². The van der Waals surface area contributed by atoms with Crippen molar-refractivity contribution in [1.82, 2.24) is 10.9 Å². The largest absolute Gasteiger partial charge is 0.478 e. The first kappa shape index (κ1) is 20.3. The summed E-state index contributed by atoms with van der Waals surface area (Å²) < 4.78 is 18.8. The Hall–Kier alpha value is -3.42. The van der Waals surface area contributed by atoms with E-state index in [9.17, 15) is 18.8 Å². The molecule has 8 heteroatoms. The predicted octanol–water partition coefficient (Wildman–Crippen LogP) is 2.11. The minimum absolute atomic E-state index is 0.0435. The lowest BCUT2D eigenvalue weighted by Gasteiger charge is -2.16. The van der Waals surface area contributed by atoms with Crippen molar-refractivity contribution in [1.29, 1.82) is 0 Å². The highest BCUT2D eigenvalue weighted by Gasteiger charge is 2.21. The Kier molecular flexibility index (Phi) is 6.43. The maximum absolute atomic E-state index is 13.6. The minimum Gasteiger partial charge on any atom is -0.478 e. The highest BCUT2D eigenvalue weighted by molar-refractivity contribution is 5.95. The third-order valence-corrected chi connectivity index (χ3v) is 4.52. The van der Waals surface area contributed by atoms with Gasteiger partial charge in [0.2, 0.25) is 11.8 Å². The summed E-state index contributed by atoms with van der Waals surface area (Å²) in [5.41, 5.74) is 6.13. The van der Waals surface area contributed by atoms with Crippen molar-refractivity contribution in [2.75, 3.05) is 11.4 Å². The van der Waals surface area contributed by atoms with Crippen LogP contribution in [0.3, 0.4) is 0 Å². The van der Waals surface area contributed by atoms with Gasteiger partial charge in [-0.15, -0.1) is 0 Å². The molecule has 2 aromatic rings. The van der Waals surface area contributed by atoms with Gasteiger partial charge in [-0.05, 0) is 43.2 Å². The number of rotatable bonds is 6. The minimum atomic E-state index is -0.996. The van der Waals surface area contributed by atoms with E-state index >= 15 is 0 Å². The van der Waals surface area contributed by atoms with Gasteiger partial charge in [0, 0.05) is 18.7 Å². The van der Waals surface area contributed by atoms with Gasteiger partial charge in [0.15, 0.2) is 17.7 Å². The molecule has 152 valence electrons. The molecule has 0 unspecified atom stereocenters. The topological polar surface area (TPSA) is 87.7 Å². The lowest BCUT2D eigenvalue weighted by molar-refractivity contribution is -0.132. The molecule has 7 nitrogen and oxygen atoms in total. The molecule has 1 aliphatic rings. The van der Waals surface area contributed by atoms with Crippen molar-refractivity contribution in [2.45, 2.75) is 32.3 Å². The van der Waals surface area contributed by atoms with Crippen molar-refractivity contribution < 1.29 is 23.5 Å². The Morgan fingerprint density at radius 3 is 2.52 bits per heavy atom. The molecule has 0 radical (unpaired) electrons. The van der Waals surface area contributed by atoms with Gasteiger partial charge in [-0.25, -0.2) is 4.39 Å². The molecule has 0 aromatic heterocycles. The Morgan fingerprint density at radius 2 is 1.86 bits per heavy atom. The van der Waals surface area contributed by atoms with Crippen molar-refractivity contribution >= 4 is 23.4 Å². The number of amides is 3. The summed E-state index contributed by atoms with van der Waals surface area (Å²) in [7, 11) is 0. The van der Waals surface area contributed by atoms with Gasteiger partial charge in [0.25, 0.3) is 5.91 Å².